The van der Waals surface area contributed by atoms with Gasteiger partial charge in [-0.1, -0.05) is 6.07 Å². The number of benzene rings is 1. The van der Waals surface area contributed by atoms with E-state index in [-0.39, 0.29) is 6.02 Å². The summed E-state index contributed by atoms with van der Waals surface area (Å²) in [4.78, 5) is 4.30. The Morgan fingerprint density at radius 2 is 2.00 bits per heavy atom. The van der Waals surface area contributed by atoms with Crippen molar-refractivity contribution in [3.63, 3.8) is 0 Å². The maximum Gasteiger partial charge on any atom is 0.283 e. The van der Waals surface area contributed by atoms with E-state index in [0.717, 1.165) is 5.56 Å². The number of hydrogen-bond acceptors (Lipinski definition) is 5. The van der Waals surface area contributed by atoms with Gasteiger partial charge in [-0.2, -0.15) is 0 Å². The lowest BCUT2D eigenvalue weighted by molar-refractivity contribution is 0.265. The predicted molar refractivity (Wildman–Crippen MR) is 64.5 cm³/mol. The maximum absolute atomic E-state index is 5.55. The van der Waals surface area contributed by atoms with Crippen LogP contribution >= 0.6 is 0 Å². The third kappa shape index (κ3) is 2.00. The van der Waals surface area contributed by atoms with Crippen molar-refractivity contribution < 1.29 is 14.2 Å². The number of ether oxygens (including phenoxy) is 3. The summed E-state index contributed by atoms with van der Waals surface area (Å²) in [6.45, 7) is 2.41. The molecule has 0 bridgehead atoms. The summed E-state index contributed by atoms with van der Waals surface area (Å²) in [6, 6.07) is 5.91. The molecule has 1 aromatic carbocycles. The highest BCUT2D eigenvalue weighted by molar-refractivity contribution is 5.74. The van der Waals surface area contributed by atoms with Crippen LogP contribution in [0.2, 0.25) is 0 Å². The minimum atomic E-state index is -0.455. The van der Waals surface area contributed by atoms with Crippen LogP contribution in [0.25, 0.3) is 0 Å². The first kappa shape index (κ1) is 11.6. The fourth-order valence-corrected chi connectivity index (χ4v) is 1.84. The van der Waals surface area contributed by atoms with E-state index in [1.54, 1.807) is 14.2 Å². The number of nitrogens with two attached hydrogens (primary N) is 1. The van der Waals surface area contributed by atoms with E-state index < -0.39 is 5.54 Å². The number of amidine groups is 1. The number of rotatable bonds is 3. The molecule has 0 radical (unpaired) electrons. The highest BCUT2D eigenvalue weighted by Gasteiger charge is 2.33. The molecule has 1 heterocycles. The molecule has 17 heavy (non-hydrogen) atoms. The van der Waals surface area contributed by atoms with Gasteiger partial charge in [0.05, 0.1) is 14.2 Å². The molecule has 0 saturated heterocycles. The standard InChI is InChI=1S/C12H16N2O3/c1-12(7-17-11(13)14-12)8-4-5-9(15-2)10(6-8)16-3/h4-6H,7H2,1-3H3,(H2,13,14). The number of aliphatic imine (C=N–C) groups is 1. The fraction of sp³-hybridized carbons (Fsp3) is 0.417. The van der Waals surface area contributed by atoms with Crippen LogP contribution in [-0.4, -0.2) is 26.8 Å². The smallest absolute Gasteiger partial charge is 0.283 e. The second-order valence-corrected chi connectivity index (χ2v) is 4.08. The molecular weight excluding hydrogens is 220 g/mol. The quantitative estimate of drug-likeness (QED) is 0.858. The minimum Gasteiger partial charge on any atom is -0.493 e. The molecule has 5 heteroatoms. The molecule has 0 aliphatic carbocycles. The zero-order valence-electron chi connectivity index (χ0n) is 10.2. The summed E-state index contributed by atoms with van der Waals surface area (Å²) in [5.74, 6) is 1.36. The topological polar surface area (TPSA) is 66.1 Å². The first-order valence-electron chi connectivity index (χ1n) is 5.30. The molecule has 5 nitrogen and oxygen atoms in total. The van der Waals surface area contributed by atoms with Crippen LogP contribution in [0.4, 0.5) is 0 Å². The summed E-state index contributed by atoms with van der Waals surface area (Å²) in [6.07, 6.45) is 0. The van der Waals surface area contributed by atoms with E-state index in [9.17, 15) is 0 Å². The van der Waals surface area contributed by atoms with Crippen molar-refractivity contribution in [2.24, 2.45) is 10.7 Å². The molecule has 92 valence electrons. The molecule has 0 fully saturated rings. The molecule has 0 saturated carbocycles. The maximum atomic E-state index is 5.55. The normalized spacial score (nSPS) is 22.9. The lowest BCUT2D eigenvalue weighted by Crippen LogP contribution is -2.20. The first-order chi connectivity index (χ1) is 8.09. The number of nitrogens with zero attached hydrogens (tertiary/aromatic N) is 1. The zero-order chi connectivity index (χ0) is 12.5. The third-order valence-electron chi connectivity index (χ3n) is 2.86. The van der Waals surface area contributed by atoms with E-state index in [2.05, 4.69) is 4.99 Å². The van der Waals surface area contributed by atoms with E-state index in [1.807, 2.05) is 25.1 Å². The van der Waals surface area contributed by atoms with E-state index in [0.29, 0.717) is 18.1 Å². The number of methoxy groups -OCH3 is 2. The Morgan fingerprint density at radius 1 is 1.29 bits per heavy atom. The molecule has 2 N–H and O–H groups in total. The molecule has 0 amide bonds. The molecule has 1 aliphatic heterocycles. The summed E-state index contributed by atoms with van der Waals surface area (Å²) >= 11 is 0. The number of hydrogen-bond donors (Lipinski definition) is 1. The summed E-state index contributed by atoms with van der Waals surface area (Å²) in [5, 5.41) is 0. The molecule has 0 spiro atoms. The van der Waals surface area contributed by atoms with Crippen LogP contribution in [-0.2, 0) is 10.3 Å². The highest BCUT2D eigenvalue weighted by atomic mass is 16.5. The average molecular weight is 236 g/mol. The van der Waals surface area contributed by atoms with Gasteiger partial charge in [0.1, 0.15) is 12.1 Å². The molecule has 0 aromatic heterocycles. The Labute approximate surface area is 100 Å². The van der Waals surface area contributed by atoms with Gasteiger partial charge < -0.3 is 19.9 Å². The van der Waals surface area contributed by atoms with Crippen molar-refractivity contribution in [3.8, 4) is 11.5 Å². The predicted octanol–water partition coefficient (Wildman–Crippen LogP) is 1.26. The van der Waals surface area contributed by atoms with Crippen LogP contribution in [0.5, 0.6) is 11.5 Å². The van der Waals surface area contributed by atoms with Crippen molar-refractivity contribution in [3.05, 3.63) is 23.8 Å². The Kier molecular flexibility index (Phi) is 2.83. The highest BCUT2D eigenvalue weighted by Crippen LogP contribution is 2.35. The van der Waals surface area contributed by atoms with Gasteiger partial charge in [0.15, 0.2) is 11.5 Å². The SMILES string of the molecule is COc1ccc(C2(C)COC(N)=N2)cc1OC. The van der Waals surface area contributed by atoms with E-state index >= 15 is 0 Å². The van der Waals surface area contributed by atoms with Gasteiger partial charge >= 0.3 is 0 Å². The van der Waals surface area contributed by atoms with Crippen LogP contribution < -0.4 is 15.2 Å². The second-order valence-electron chi connectivity index (χ2n) is 4.08. The summed E-state index contributed by atoms with van der Waals surface area (Å²) in [5.41, 5.74) is 6.07. The second kappa shape index (κ2) is 4.16. The first-order valence-corrected chi connectivity index (χ1v) is 5.30. The van der Waals surface area contributed by atoms with Crippen molar-refractivity contribution in [1.29, 1.82) is 0 Å². The molecular formula is C12H16N2O3. The monoisotopic (exact) mass is 236 g/mol. The van der Waals surface area contributed by atoms with Gasteiger partial charge in [0.25, 0.3) is 6.02 Å². The zero-order valence-corrected chi connectivity index (χ0v) is 10.2. The van der Waals surface area contributed by atoms with Crippen molar-refractivity contribution in [2.45, 2.75) is 12.5 Å². The van der Waals surface area contributed by atoms with Gasteiger partial charge in [-0.25, -0.2) is 4.99 Å². The van der Waals surface area contributed by atoms with Crippen LogP contribution in [0, 0.1) is 0 Å². The Bertz CT molecular complexity index is 459. The Morgan fingerprint density at radius 3 is 2.53 bits per heavy atom. The fourth-order valence-electron chi connectivity index (χ4n) is 1.84. The molecule has 1 atom stereocenters. The Balaban J connectivity index is 2.40. The molecule has 1 unspecified atom stereocenters. The van der Waals surface area contributed by atoms with Gasteiger partial charge in [0, 0.05) is 0 Å². The van der Waals surface area contributed by atoms with Crippen molar-refractivity contribution in [2.75, 3.05) is 20.8 Å². The molecule has 2 rings (SSSR count). The summed E-state index contributed by atoms with van der Waals surface area (Å²) < 4.78 is 15.7. The third-order valence-corrected chi connectivity index (χ3v) is 2.86. The van der Waals surface area contributed by atoms with Gasteiger partial charge in [-0.05, 0) is 24.6 Å². The Hall–Kier alpha value is -1.91. The lowest BCUT2D eigenvalue weighted by atomic mass is 9.94. The van der Waals surface area contributed by atoms with Gasteiger partial charge in [-0.3, -0.25) is 0 Å². The van der Waals surface area contributed by atoms with Gasteiger partial charge in [-0.15, -0.1) is 0 Å². The van der Waals surface area contributed by atoms with Crippen LogP contribution in [0.15, 0.2) is 23.2 Å². The minimum absolute atomic E-state index is 0.224. The van der Waals surface area contributed by atoms with Crippen LogP contribution in [0.1, 0.15) is 12.5 Å². The van der Waals surface area contributed by atoms with E-state index in [1.165, 1.54) is 0 Å². The molecule has 1 aliphatic rings. The largest absolute Gasteiger partial charge is 0.493 e. The van der Waals surface area contributed by atoms with Crippen molar-refractivity contribution in [1.82, 2.24) is 0 Å². The van der Waals surface area contributed by atoms with Crippen molar-refractivity contribution >= 4 is 6.02 Å². The van der Waals surface area contributed by atoms with Crippen LogP contribution in [0.3, 0.4) is 0 Å². The molecule has 1 aromatic rings. The summed E-state index contributed by atoms with van der Waals surface area (Å²) in [7, 11) is 3.21. The average Bonchev–Trinajstić information content (AvgIpc) is 2.69. The lowest BCUT2D eigenvalue weighted by Gasteiger charge is -2.20. The van der Waals surface area contributed by atoms with Gasteiger partial charge in [0.2, 0.25) is 0 Å². The van der Waals surface area contributed by atoms with E-state index in [4.69, 9.17) is 19.9 Å².